The molecule has 0 aliphatic carbocycles. The van der Waals surface area contributed by atoms with Crippen LogP contribution in [-0.4, -0.2) is 141 Å². The van der Waals surface area contributed by atoms with Crippen LogP contribution in [0.1, 0.15) is 33.4 Å². The van der Waals surface area contributed by atoms with Crippen LogP contribution in [0.3, 0.4) is 0 Å². The molecule has 0 fully saturated rings. The second-order valence-electron chi connectivity index (χ2n) is 22.9. The van der Waals surface area contributed by atoms with Gasteiger partial charge in [0.15, 0.2) is 69.0 Å². The zero-order chi connectivity index (χ0) is 82.1. The topological polar surface area (TPSA) is 403 Å². The molecule has 4 aromatic heterocycles. The predicted octanol–water partition coefficient (Wildman–Crippen LogP) is 5.54. The number of nitrogens with zero attached hydrogens (tertiary/aromatic N) is 4. The Hall–Kier alpha value is -11.7. The summed E-state index contributed by atoms with van der Waals surface area (Å²) in [5, 5.41) is 66.6. The van der Waals surface area contributed by atoms with Gasteiger partial charge in [-0.15, -0.1) is 0 Å². The molecule has 0 radical (unpaired) electrons. The summed E-state index contributed by atoms with van der Waals surface area (Å²) in [6.07, 6.45) is 6.46. The van der Waals surface area contributed by atoms with E-state index in [2.05, 4.69) is 68.5 Å². The number of pyridine rings is 4. The number of ether oxygens (including phenoxy) is 12. The van der Waals surface area contributed by atoms with E-state index in [4.69, 9.17) is 56.8 Å². The predicted molar refractivity (Wildman–Crippen MR) is 404 cm³/mol. The van der Waals surface area contributed by atoms with E-state index in [1.807, 2.05) is 24.3 Å². The average molecular weight is 1860 g/mol. The normalized spacial score (nSPS) is 9.72. The Kier molecular flexibility index (Phi) is 43.9. The Bertz CT molecular complexity index is 4350. The van der Waals surface area contributed by atoms with Crippen molar-refractivity contribution in [2.24, 2.45) is 0 Å². The van der Waals surface area contributed by atoms with E-state index in [1.54, 1.807) is 134 Å². The van der Waals surface area contributed by atoms with Crippen molar-refractivity contribution in [2.45, 2.75) is 38.5 Å². The molecule has 0 aliphatic rings. The van der Waals surface area contributed by atoms with Gasteiger partial charge in [0.25, 0.3) is 0 Å². The third-order valence-electron chi connectivity index (χ3n) is 15.5. The number of carbonyl (C=O) groups is 6. The number of carboxylic acid groups (broad SMARTS) is 6. The van der Waals surface area contributed by atoms with Gasteiger partial charge in [-0.25, -0.2) is 0 Å². The molecule has 604 valence electrons. The van der Waals surface area contributed by atoms with E-state index < -0.39 is 35.8 Å². The van der Waals surface area contributed by atoms with Gasteiger partial charge in [0, 0.05) is 121 Å². The zero-order valence-electron chi connectivity index (χ0n) is 64.1. The fraction of sp³-hybridized carbons (Fsp3) is 0.214. The van der Waals surface area contributed by atoms with Crippen LogP contribution in [-0.2, 0) is 67.3 Å². The Labute approximate surface area is 718 Å². The summed E-state index contributed by atoms with van der Waals surface area (Å²) in [7, 11) is 18.1. The number of methoxy groups -OCH3 is 12. The van der Waals surface area contributed by atoms with Gasteiger partial charge in [0.2, 0.25) is 0 Å². The summed E-state index contributed by atoms with van der Waals surface area (Å²) in [6, 6.07) is 54.0. The summed E-state index contributed by atoms with van der Waals surface area (Å²) in [4.78, 5) is 79.4. The van der Waals surface area contributed by atoms with Crippen LogP contribution in [0.15, 0.2) is 207 Å². The molecule has 0 saturated heterocycles. The maximum Gasteiger partial charge on any atom is 3.00 e. The first-order valence-corrected chi connectivity index (χ1v) is 33.5. The Morgan fingerprint density at radius 2 is 0.360 bits per heavy atom. The van der Waals surface area contributed by atoms with E-state index in [1.165, 1.54) is 85.3 Å². The molecular formula is C84H82Ho2N4O24. The van der Waals surface area contributed by atoms with Crippen LogP contribution >= 0.6 is 0 Å². The summed E-state index contributed by atoms with van der Waals surface area (Å²) in [5.74, 6) is -0.0941. The summed E-state index contributed by atoms with van der Waals surface area (Å²) < 4.78 is 60.2. The number of rotatable bonds is 24. The number of hydrogen-bond donors (Lipinski definition) is 0. The molecular weight excluding hydrogens is 1780 g/mol. The molecule has 0 amide bonds. The Morgan fingerprint density at radius 3 is 0.482 bits per heavy atom. The van der Waals surface area contributed by atoms with Crippen molar-refractivity contribution in [3.05, 3.63) is 240 Å². The van der Waals surface area contributed by atoms with E-state index in [0.29, 0.717) is 102 Å². The minimum atomic E-state index is -1.11. The smallest absolute Gasteiger partial charge is 0.550 e. The van der Waals surface area contributed by atoms with Crippen molar-refractivity contribution in [1.29, 1.82) is 0 Å². The molecule has 0 aliphatic heterocycles. The molecule has 0 saturated carbocycles. The molecule has 30 heteroatoms. The van der Waals surface area contributed by atoms with Gasteiger partial charge < -0.3 is 116 Å². The molecule has 114 heavy (non-hydrogen) atoms. The number of carboxylic acids is 6. The Morgan fingerprint density at radius 1 is 0.219 bits per heavy atom. The van der Waals surface area contributed by atoms with Crippen molar-refractivity contribution in [3.8, 4) is 69.0 Å². The van der Waals surface area contributed by atoms with Crippen LogP contribution in [0.4, 0.5) is 0 Å². The van der Waals surface area contributed by atoms with Gasteiger partial charge in [-0.1, -0.05) is 84.9 Å². The van der Waals surface area contributed by atoms with Crippen LogP contribution < -0.4 is 87.5 Å². The second kappa shape index (κ2) is 51.8. The summed E-state index contributed by atoms with van der Waals surface area (Å²) in [6.45, 7) is 0. The van der Waals surface area contributed by atoms with Gasteiger partial charge in [-0.05, 0) is 130 Å². The van der Waals surface area contributed by atoms with Gasteiger partial charge in [0.05, 0.1) is 107 Å². The fourth-order valence-electron chi connectivity index (χ4n) is 10.3. The Balaban J connectivity index is 0.000000336. The number of carbonyl (C=O) groups excluding carboxylic acids is 6. The molecule has 4 heterocycles. The molecule has 0 unspecified atom stereocenters. The van der Waals surface area contributed by atoms with Crippen LogP contribution in [0, 0.1) is 75.5 Å². The molecule has 12 aromatic rings. The summed E-state index contributed by atoms with van der Waals surface area (Å²) in [5.41, 5.74) is 7.67. The van der Waals surface area contributed by atoms with Crippen molar-refractivity contribution < 1.29 is 192 Å². The number of benzene rings is 8. The van der Waals surface area contributed by atoms with Gasteiger partial charge in [0.1, 0.15) is 0 Å². The maximum atomic E-state index is 10.3. The first kappa shape index (κ1) is 96.5. The third-order valence-corrected chi connectivity index (χ3v) is 15.5. The SMILES string of the molecule is COc1ccc(CC(=O)[O-])cc1OC.COc1ccc(CC(=O)[O-])cc1OC.COc1ccc(CC(=O)[O-])cc1OC.COc1ccc(CC(=O)[O-])cc1OC.COc1ccc(CC(=O)[O-])cc1OC.COc1ccc(CC(=O)[O-])cc1OC.[Ho+3].[Ho+3].c1cnc2c(c1)ccc1cccnc12.c1cnc2c(c1)ccc1cccnc12. The first-order chi connectivity index (χ1) is 53.9. The number of aromatic nitrogens is 4. The van der Waals surface area contributed by atoms with E-state index in [0.717, 1.165) is 43.6 Å². The summed E-state index contributed by atoms with van der Waals surface area (Å²) >= 11 is 0. The molecule has 0 bridgehead atoms. The quantitative estimate of drug-likeness (QED) is 0.0529. The van der Waals surface area contributed by atoms with Crippen LogP contribution in [0.25, 0.3) is 43.6 Å². The van der Waals surface area contributed by atoms with Gasteiger partial charge in [-0.2, -0.15) is 0 Å². The number of fused-ring (bicyclic) bond motifs is 6. The first-order valence-electron chi connectivity index (χ1n) is 33.5. The maximum absolute atomic E-state index is 10.3. The molecule has 8 aromatic carbocycles. The molecule has 0 atom stereocenters. The average Bonchev–Trinajstić information content (AvgIpc) is 0.800. The van der Waals surface area contributed by atoms with Gasteiger partial charge in [-0.3, -0.25) is 19.9 Å². The minimum Gasteiger partial charge on any atom is -0.550 e. The molecule has 0 spiro atoms. The van der Waals surface area contributed by atoms with Crippen molar-refractivity contribution in [3.63, 3.8) is 0 Å². The molecule has 12 rings (SSSR count). The van der Waals surface area contributed by atoms with E-state index in [-0.39, 0.29) is 114 Å². The van der Waals surface area contributed by atoms with Crippen molar-refractivity contribution in [2.75, 3.05) is 85.3 Å². The van der Waals surface area contributed by atoms with Gasteiger partial charge >= 0.3 is 75.5 Å². The third kappa shape index (κ3) is 31.8. The standard InChI is InChI=1S/2C12H8N2.6C10H12O4.2Ho/c2*1-3-9-5-6-10-4-2-8-14-12(10)11(9)13-7-1;6*1-13-8-4-3-7(6-10(11)12)5-9(8)14-2;;/h2*1-8H;6*3-5H,6H2,1-2H3,(H,11,12);;/q;;;;;;;;2*+3/p-6. The molecule has 0 N–H and O–H groups in total. The van der Waals surface area contributed by atoms with Crippen molar-refractivity contribution in [1.82, 2.24) is 19.9 Å². The monoisotopic (exact) mass is 1860 g/mol. The fourth-order valence-corrected chi connectivity index (χ4v) is 10.3. The van der Waals surface area contributed by atoms with E-state index >= 15 is 0 Å². The number of hydrogen-bond acceptors (Lipinski definition) is 28. The largest absolute Gasteiger partial charge is 3.00 e. The second-order valence-corrected chi connectivity index (χ2v) is 22.9. The minimum absolute atomic E-state index is 0. The van der Waals surface area contributed by atoms with Crippen molar-refractivity contribution >= 4 is 79.4 Å². The van der Waals surface area contributed by atoms with Crippen LogP contribution in [0.5, 0.6) is 69.0 Å². The number of aliphatic carboxylic acids is 6. The zero-order valence-corrected chi connectivity index (χ0v) is 67.9. The van der Waals surface area contributed by atoms with Crippen LogP contribution in [0.2, 0.25) is 0 Å². The van der Waals surface area contributed by atoms with E-state index in [9.17, 15) is 59.4 Å². The molecule has 28 nitrogen and oxygen atoms in total.